The van der Waals surface area contributed by atoms with Crippen molar-refractivity contribution in [3.63, 3.8) is 0 Å². The number of anilines is 1. The van der Waals surface area contributed by atoms with Gasteiger partial charge in [-0.1, -0.05) is 12.1 Å². The Balaban J connectivity index is 1.73. The Morgan fingerprint density at radius 1 is 1.36 bits per heavy atom. The van der Waals surface area contributed by atoms with E-state index in [-0.39, 0.29) is 18.0 Å². The molecular formula is C20H20BrN3O3S. The van der Waals surface area contributed by atoms with Gasteiger partial charge in [-0.05, 0) is 53.9 Å². The Bertz CT molecular complexity index is 967. The molecule has 1 aromatic heterocycles. The van der Waals surface area contributed by atoms with Crippen LogP contribution in [0.15, 0.2) is 51.5 Å². The summed E-state index contributed by atoms with van der Waals surface area (Å²) in [5, 5.41) is 7.92. The molecule has 0 spiro atoms. The van der Waals surface area contributed by atoms with Crippen molar-refractivity contribution < 1.29 is 14.3 Å². The van der Waals surface area contributed by atoms with Crippen molar-refractivity contribution in [3.05, 3.63) is 56.3 Å². The quantitative estimate of drug-likeness (QED) is 0.679. The highest BCUT2D eigenvalue weighted by molar-refractivity contribution is 9.10. The lowest BCUT2D eigenvalue weighted by Crippen LogP contribution is -2.49. The molecule has 8 heteroatoms. The fourth-order valence-electron chi connectivity index (χ4n) is 3.45. The van der Waals surface area contributed by atoms with Crippen molar-refractivity contribution in [2.75, 3.05) is 12.4 Å². The molecule has 1 aromatic carbocycles. The first-order valence-corrected chi connectivity index (χ1v) is 10.7. The molecule has 146 valence electrons. The maximum Gasteiger partial charge on any atom is 0.322 e. The van der Waals surface area contributed by atoms with Crippen LogP contribution in [0.25, 0.3) is 0 Å². The summed E-state index contributed by atoms with van der Waals surface area (Å²) in [6, 6.07) is 8.74. The number of amides is 3. The zero-order valence-corrected chi connectivity index (χ0v) is 17.9. The van der Waals surface area contributed by atoms with Gasteiger partial charge in [0.05, 0.1) is 24.4 Å². The molecule has 0 bridgehead atoms. The molecule has 2 aromatic rings. The molecule has 1 aliphatic heterocycles. The number of hydrogen-bond acceptors (Lipinski definition) is 4. The van der Waals surface area contributed by atoms with Crippen LogP contribution in [0.5, 0.6) is 5.75 Å². The number of para-hydroxylation sites is 2. The summed E-state index contributed by atoms with van der Waals surface area (Å²) in [7, 11) is 1.57. The molecule has 28 heavy (non-hydrogen) atoms. The third-order valence-electron chi connectivity index (χ3n) is 4.91. The highest BCUT2D eigenvalue weighted by Gasteiger charge is 2.42. The van der Waals surface area contributed by atoms with Gasteiger partial charge in [-0.25, -0.2) is 4.79 Å². The van der Waals surface area contributed by atoms with Crippen LogP contribution in [0.3, 0.4) is 0 Å². The summed E-state index contributed by atoms with van der Waals surface area (Å²) in [4.78, 5) is 28.7. The van der Waals surface area contributed by atoms with Crippen LogP contribution < -0.4 is 15.4 Å². The number of carbonyl (C=O) groups excluding carboxylic acids is 2. The zero-order valence-electron chi connectivity index (χ0n) is 15.5. The van der Waals surface area contributed by atoms with Crippen LogP contribution >= 0.6 is 27.3 Å². The maximum absolute atomic E-state index is 13.3. The summed E-state index contributed by atoms with van der Waals surface area (Å²) in [5.74, 6) is 0.339. The number of ether oxygens (including phenoxy) is 1. The fourth-order valence-corrected chi connectivity index (χ4v) is 4.96. The van der Waals surface area contributed by atoms with Crippen molar-refractivity contribution in [1.82, 2.24) is 10.2 Å². The number of benzene rings is 1. The third kappa shape index (κ3) is 3.54. The first-order valence-electron chi connectivity index (χ1n) is 8.98. The summed E-state index contributed by atoms with van der Waals surface area (Å²) in [5.41, 5.74) is 1.84. The predicted molar refractivity (Wildman–Crippen MR) is 112 cm³/mol. The van der Waals surface area contributed by atoms with E-state index in [0.717, 1.165) is 22.2 Å². The smallest absolute Gasteiger partial charge is 0.322 e. The first-order chi connectivity index (χ1) is 13.5. The Morgan fingerprint density at radius 3 is 2.75 bits per heavy atom. The summed E-state index contributed by atoms with van der Waals surface area (Å²) in [6.07, 6.45) is 1.92. The molecule has 2 heterocycles. The van der Waals surface area contributed by atoms with Crippen LogP contribution in [0, 0.1) is 0 Å². The molecule has 0 saturated heterocycles. The highest BCUT2D eigenvalue weighted by atomic mass is 79.9. The van der Waals surface area contributed by atoms with Gasteiger partial charge in [0.2, 0.25) is 0 Å². The lowest BCUT2D eigenvalue weighted by molar-refractivity contribution is -0.113. The average molecular weight is 462 g/mol. The second kappa shape index (κ2) is 7.60. The standard InChI is InChI=1S/C20H20BrN3O3S/c1-11-17(19(25)22-14-5-3-4-6-15(14)27-2)18(16-9-12(21)10-28-16)23-20(26)24(11)13-7-8-13/h3-6,9-10,13,18H,7-8H2,1-2H3,(H,22,25)(H,23,26). The second-order valence-electron chi connectivity index (χ2n) is 6.80. The van der Waals surface area contributed by atoms with Gasteiger partial charge in [-0.2, -0.15) is 0 Å². The minimum Gasteiger partial charge on any atom is -0.495 e. The van der Waals surface area contributed by atoms with Crippen LogP contribution in [0.2, 0.25) is 0 Å². The number of nitrogens with zero attached hydrogens (tertiary/aromatic N) is 1. The van der Waals surface area contributed by atoms with E-state index < -0.39 is 6.04 Å². The van der Waals surface area contributed by atoms with Gasteiger partial charge in [-0.15, -0.1) is 11.3 Å². The lowest BCUT2D eigenvalue weighted by Gasteiger charge is -2.35. The van der Waals surface area contributed by atoms with Crippen LogP contribution in [0.4, 0.5) is 10.5 Å². The highest BCUT2D eigenvalue weighted by Crippen LogP contribution is 2.40. The number of hydrogen-bond donors (Lipinski definition) is 2. The molecule has 1 unspecified atom stereocenters. The predicted octanol–water partition coefficient (Wildman–Crippen LogP) is 4.66. The minimum atomic E-state index is -0.492. The largest absolute Gasteiger partial charge is 0.495 e. The topological polar surface area (TPSA) is 70.7 Å². The summed E-state index contributed by atoms with van der Waals surface area (Å²) in [6.45, 7) is 1.85. The number of nitrogens with one attached hydrogen (secondary N) is 2. The number of rotatable bonds is 5. The average Bonchev–Trinajstić information content (AvgIpc) is 3.41. The number of urea groups is 1. The van der Waals surface area contributed by atoms with Crippen molar-refractivity contribution in [3.8, 4) is 5.75 Å². The number of carbonyl (C=O) groups is 2. The first kappa shape index (κ1) is 19.0. The molecule has 2 N–H and O–H groups in total. The number of methoxy groups -OCH3 is 1. The van der Waals surface area contributed by atoms with E-state index in [1.165, 1.54) is 11.3 Å². The second-order valence-corrected chi connectivity index (χ2v) is 8.66. The molecule has 4 rings (SSSR count). The molecule has 0 radical (unpaired) electrons. The third-order valence-corrected chi connectivity index (χ3v) is 6.67. The Morgan fingerprint density at radius 2 is 2.11 bits per heavy atom. The van der Waals surface area contributed by atoms with Gasteiger partial charge in [0.1, 0.15) is 5.75 Å². The van der Waals surface area contributed by atoms with E-state index in [2.05, 4.69) is 26.6 Å². The van der Waals surface area contributed by atoms with E-state index in [4.69, 9.17) is 4.74 Å². The van der Waals surface area contributed by atoms with E-state index in [1.54, 1.807) is 24.1 Å². The van der Waals surface area contributed by atoms with E-state index >= 15 is 0 Å². The van der Waals surface area contributed by atoms with E-state index in [1.807, 2.05) is 30.5 Å². The molecule has 6 nitrogen and oxygen atoms in total. The number of halogens is 1. The number of thiophene rings is 1. The molecule has 1 aliphatic carbocycles. The normalized spacial score (nSPS) is 19.5. The van der Waals surface area contributed by atoms with E-state index in [9.17, 15) is 9.59 Å². The lowest BCUT2D eigenvalue weighted by atomic mass is 9.99. The Hall–Kier alpha value is -2.32. The van der Waals surface area contributed by atoms with Crippen molar-refractivity contribution in [1.29, 1.82) is 0 Å². The fraction of sp³-hybridized carbons (Fsp3) is 0.300. The van der Waals surface area contributed by atoms with Gasteiger partial charge >= 0.3 is 6.03 Å². The van der Waals surface area contributed by atoms with Crippen LogP contribution in [-0.2, 0) is 4.79 Å². The molecule has 1 atom stereocenters. The summed E-state index contributed by atoms with van der Waals surface area (Å²) >= 11 is 4.96. The summed E-state index contributed by atoms with van der Waals surface area (Å²) < 4.78 is 6.27. The minimum absolute atomic E-state index is 0.150. The molecule has 3 amide bonds. The SMILES string of the molecule is COc1ccccc1NC(=O)C1=C(C)N(C2CC2)C(=O)NC1c1cc(Br)cs1. The van der Waals surface area contributed by atoms with Gasteiger partial charge in [-0.3, -0.25) is 9.69 Å². The molecular weight excluding hydrogens is 442 g/mol. The van der Waals surface area contributed by atoms with Crippen molar-refractivity contribution >= 4 is 44.9 Å². The molecule has 2 aliphatic rings. The monoisotopic (exact) mass is 461 g/mol. The maximum atomic E-state index is 13.3. The molecule has 1 saturated carbocycles. The van der Waals surface area contributed by atoms with Gasteiger partial charge in [0.25, 0.3) is 5.91 Å². The Labute approximate surface area is 175 Å². The van der Waals surface area contributed by atoms with Crippen molar-refractivity contribution in [2.45, 2.75) is 31.8 Å². The van der Waals surface area contributed by atoms with Gasteiger partial charge < -0.3 is 15.4 Å². The number of allylic oxidation sites excluding steroid dienone is 1. The Kier molecular flexibility index (Phi) is 5.16. The van der Waals surface area contributed by atoms with Gasteiger partial charge in [0.15, 0.2) is 0 Å². The van der Waals surface area contributed by atoms with Crippen LogP contribution in [-0.4, -0.2) is 30.0 Å². The van der Waals surface area contributed by atoms with Crippen LogP contribution in [0.1, 0.15) is 30.7 Å². The molecule has 1 fully saturated rings. The van der Waals surface area contributed by atoms with E-state index in [0.29, 0.717) is 22.7 Å². The van der Waals surface area contributed by atoms with Crippen molar-refractivity contribution in [2.24, 2.45) is 0 Å². The zero-order chi connectivity index (χ0) is 19.8. The van der Waals surface area contributed by atoms with Gasteiger partial charge in [0, 0.05) is 26.5 Å².